The third-order valence-electron chi connectivity index (χ3n) is 3.99. The average molecular weight is 346 g/mol. The van der Waals surface area contributed by atoms with Gasteiger partial charge in [-0.1, -0.05) is 20.8 Å². The Morgan fingerprint density at radius 2 is 1.92 bits per heavy atom. The lowest BCUT2D eigenvalue weighted by atomic mass is 10.1. The van der Waals surface area contributed by atoms with E-state index in [-0.39, 0.29) is 11.9 Å². The Kier molecular flexibility index (Phi) is 6.22. The number of hydrogen-bond donors (Lipinski definition) is 2. The molecule has 7 nitrogen and oxygen atoms in total. The molecule has 0 aliphatic heterocycles. The van der Waals surface area contributed by atoms with Crippen LogP contribution >= 0.6 is 0 Å². The molecule has 0 radical (unpaired) electrons. The largest absolute Gasteiger partial charge is 0.337 e. The molecule has 1 atom stereocenters. The van der Waals surface area contributed by atoms with Gasteiger partial charge in [0, 0.05) is 31.9 Å². The number of aryl methyl sites for hydroxylation is 3. The minimum Gasteiger partial charge on any atom is -0.337 e. The summed E-state index contributed by atoms with van der Waals surface area (Å²) in [5.74, 6) is 1.53. The molecule has 2 aromatic rings. The molecule has 2 amide bonds. The number of rotatable bonds is 7. The molecule has 0 spiro atoms. The number of amides is 2. The van der Waals surface area contributed by atoms with Crippen molar-refractivity contribution < 1.29 is 4.79 Å². The highest BCUT2D eigenvalue weighted by atomic mass is 16.2. The van der Waals surface area contributed by atoms with E-state index in [1.54, 1.807) is 4.68 Å². The van der Waals surface area contributed by atoms with Crippen molar-refractivity contribution in [3.05, 3.63) is 29.2 Å². The van der Waals surface area contributed by atoms with Gasteiger partial charge in [0.1, 0.15) is 5.82 Å². The lowest BCUT2D eigenvalue weighted by molar-refractivity contribution is 0.249. The van der Waals surface area contributed by atoms with Crippen LogP contribution in [0.15, 0.2) is 12.1 Å². The molecule has 0 aromatic carbocycles. The van der Waals surface area contributed by atoms with E-state index in [0.29, 0.717) is 18.3 Å². The first-order valence-electron chi connectivity index (χ1n) is 8.83. The molecule has 0 aliphatic carbocycles. The number of aromatic nitrogens is 4. The molecule has 7 heteroatoms. The summed E-state index contributed by atoms with van der Waals surface area (Å²) in [5, 5.41) is 14.7. The van der Waals surface area contributed by atoms with Crippen LogP contribution < -0.4 is 10.6 Å². The van der Waals surface area contributed by atoms with Gasteiger partial charge in [0.15, 0.2) is 0 Å². The number of carbonyl (C=O) groups excluding carboxylic acids is 1. The number of nitrogens with one attached hydrogen (secondary N) is 2. The van der Waals surface area contributed by atoms with E-state index in [0.717, 1.165) is 30.0 Å². The molecule has 2 N–H and O–H groups in total. The molecule has 0 aliphatic rings. The van der Waals surface area contributed by atoms with Crippen LogP contribution in [0.3, 0.4) is 0 Å². The average Bonchev–Trinajstić information content (AvgIpc) is 2.98. The molecule has 138 valence electrons. The van der Waals surface area contributed by atoms with Crippen molar-refractivity contribution in [2.24, 2.45) is 18.9 Å². The van der Waals surface area contributed by atoms with E-state index in [2.05, 4.69) is 47.7 Å². The van der Waals surface area contributed by atoms with Gasteiger partial charge in [-0.3, -0.25) is 14.7 Å². The Morgan fingerprint density at radius 1 is 1.20 bits per heavy atom. The standard InChI is InChI=1S/C18H30N6O/c1-12(2)7-16-9-17(23(6)22-16)20-18(25)19-10-13(3)11-24-15(5)8-14(4)21-24/h8-9,12-13H,7,10-11H2,1-6H3,(H2,19,20,25)/t13-/m1/s1. The topological polar surface area (TPSA) is 76.8 Å². The highest BCUT2D eigenvalue weighted by Crippen LogP contribution is 2.13. The van der Waals surface area contributed by atoms with Gasteiger partial charge in [-0.05, 0) is 38.2 Å². The molecule has 2 heterocycles. The fourth-order valence-corrected chi connectivity index (χ4v) is 2.81. The smallest absolute Gasteiger partial charge is 0.320 e. The van der Waals surface area contributed by atoms with Crippen LogP contribution in [0.2, 0.25) is 0 Å². The van der Waals surface area contributed by atoms with Gasteiger partial charge in [0.05, 0.1) is 11.4 Å². The van der Waals surface area contributed by atoms with Crippen molar-refractivity contribution in [2.75, 3.05) is 11.9 Å². The SMILES string of the molecule is Cc1cc(C)n(C[C@H](C)CNC(=O)Nc2cc(CC(C)C)nn2C)n1. The Bertz CT molecular complexity index is 715. The lowest BCUT2D eigenvalue weighted by Crippen LogP contribution is -2.34. The van der Waals surface area contributed by atoms with E-state index >= 15 is 0 Å². The first kappa shape index (κ1) is 19.0. The molecule has 0 unspecified atom stereocenters. The molecule has 25 heavy (non-hydrogen) atoms. The molecule has 0 saturated heterocycles. The summed E-state index contributed by atoms with van der Waals surface area (Å²) in [5.41, 5.74) is 3.15. The van der Waals surface area contributed by atoms with Gasteiger partial charge in [0.25, 0.3) is 0 Å². The maximum Gasteiger partial charge on any atom is 0.320 e. The Morgan fingerprint density at radius 3 is 2.52 bits per heavy atom. The summed E-state index contributed by atoms with van der Waals surface area (Å²) >= 11 is 0. The molecule has 2 rings (SSSR count). The second kappa shape index (κ2) is 8.18. The Balaban J connectivity index is 1.82. The minimum atomic E-state index is -0.209. The molecule has 0 fully saturated rings. The van der Waals surface area contributed by atoms with Crippen molar-refractivity contribution in [3.63, 3.8) is 0 Å². The molecular formula is C18H30N6O. The Labute approximate surface area is 149 Å². The van der Waals surface area contributed by atoms with Crippen LogP contribution in [0.1, 0.15) is 37.9 Å². The van der Waals surface area contributed by atoms with Gasteiger partial charge in [-0.25, -0.2) is 4.79 Å². The summed E-state index contributed by atoms with van der Waals surface area (Å²) in [6, 6.07) is 3.78. The summed E-state index contributed by atoms with van der Waals surface area (Å²) in [6.07, 6.45) is 0.900. The van der Waals surface area contributed by atoms with Crippen LogP contribution in [0.25, 0.3) is 0 Å². The van der Waals surface area contributed by atoms with Crippen LogP contribution in [0.4, 0.5) is 10.6 Å². The van der Waals surface area contributed by atoms with Gasteiger partial charge < -0.3 is 5.32 Å². The van der Waals surface area contributed by atoms with Gasteiger partial charge in [-0.15, -0.1) is 0 Å². The van der Waals surface area contributed by atoms with Crippen molar-refractivity contribution in [3.8, 4) is 0 Å². The first-order chi connectivity index (χ1) is 11.7. The third-order valence-corrected chi connectivity index (χ3v) is 3.99. The summed E-state index contributed by atoms with van der Waals surface area (Å²) < 4.78 is 3.69. The normalized spacial score (nSPS) is 12.4. The van der Waals surface area contributed by atoms with E-state index in [9.17, 15) is 4.79 Å². The zero-order valence-electron chi connectivity index (χ0n) is 16.1. The van der Waals surface area contributed by atoms with Crippen LogP contribution in [0, 0.1) is 25.7 Å². The van der Waals surface area contributed by atoms with Gasteiger partial charge in [-0.2, -0.15) is 10.2 Å². The fourth-order valence-electron chi connectivity index (χ4n) is 2.81. The highest BCUT2D eigenvalue weighted by molar-refractivity contribution is 5.88. The predicted octanol–water partition coefficient (Wildman–Crippen LogP) is 2.89. The molecular weight excluding hydrogens is 316 g/mol. The van der Waals surface area contributed by atoms with Crippen molar-refractivity contribution in [2.45, 2.75) is 47.6 Å². The van der Waals surface area contributed by atoms with Crippen LogP contribution in [-0.4, -0.2) is 32.1 Å². The first-order valence-corrected chi connectivity index (χ1v) is 8.83. The number of urea groups is 1. The quantitative estimate of drug-likeness (QED) is 0.809. The van der Waals surface area contributed by atoms with Crippen molar-refractivity contribution in [1.29, 1.82) is 0 Å². The van der Waals surface area contributed by atoms with E-state index in [1.807, 2.05) is 31.6 Å². The second-order valence-electron chi connectivity index (χ2n) is 7.29. The maximum atomic E-state index is 12.1. The third kappa shape index (κ3) is 5.62. The van der Waals surface area contributed by atoms with E-state index < -0.39 is 0 Å². The zero-order chi connectivity index (χ0) is 18.6. The fraction of sp³-hybridized carbons (Fsp3) is 0.611. The number of nitrogens with zero attached hydrogens (tertiary/aromatic N) is 4. The molecule has 2 aromatic heterocycles. The lowest BCUT2D eigenvalue weighted by Gasteiger charge is -2.14. The van der Waals surface area contributed by atoms with E-state index in [1.165, 1.54) is 0 Å². The maximum absolute atomic E-state index is 12.1. The Hall–Kier alpha value is -2.31. The minimum absolute atomic E-state index is 0.209. The number of carbonyl (C=O) groups is 1. The number of anilines is 1. The van der Waals surface area contributed by atoms with E-state index in [4.69, 9.17) is 0 Å². The van der Waals surface area contributed by atoms with Gasteiger partial charge >= 0.3 is 6.03 Å². The second-order valence-corrected chi connectivity index (χ2v) is 7.29. The molecule has 0 bridgehead atoms. The summed E-state index contributed by atoms with van der Waals surface area (Å²) in [4.78, 5) is 12.1. The van der Waals surface area contributed by atoms with Crippen LogP contribution in [0.5, 0.6) is 0 Å². The summed E-state index contributed by atoms with van der Waals surface area (Å²) in [6.45, 7) is 11.8. The summed E-state index contributed by atoms with van der Waals surface area (Å²) in [7, 11) is 1.84. The number of hydrogen-bond acceptors (Lipinski definition) is 3. The zero-order valence-corrected chi connectivity index (χ0v) is 16.1. The molecule has 0 saturated carbocycles. The monoisotopic (exact) mass is 346 g/mol. The van der Waals surface area contributed by atoms with Crippen molar-refractivity contribution in [1.82, 2.24) is 24.9 Å². The highest BCUT2D eigenvalue weighted by Gasteiger charge is 2.12. The van der Waals surface area contributed by atoms with Crippen molar-refractivity contribution >= 4 is 11.8 Å². The van der Waals surface area contributed by atoms with Crippen LogP contribution in [-0.2, 0) is 20.0 Å². The predicted molar refractivity (Wildman–Crippen MR) is 99.6 cm³/mol. The van der Waals surface area contributed by atoms with Gasteiger partial charge in [0.2, 0.25) is 0 Å².